The summed E-state index contributed by atoms with van der Waals surface area (Å²) in [5.74, 6) is -0.227. The molecule has 0 saturated heterocycles. The highest BCUT2D eigenvalue weighted by molar-refractivity contribution is 5.66. The highest BCUT2D eigenvalue weighted by Gasteiger charge is 2.07. The third kappa shape index (κ3) is 6.20. The normalized spacial score (nSPS) is 13.7. The maximum absolute atomic E-state index is 10.7. The summed E-state index contributed by atoms with van der Waals surface area (Å²) in [5, 5.41) is 0. The molecule has 0 aliphatic heterocycles. The highest BCUT2D eigenvalue weighted by atomic mass is 16.5. The molecule has 0 heterocycles. The lowest BCUT2D eigenvalue weighted by molar-refractivity contribution is -0.146. The van der Waals surface area contributed by atoms with E-state index in [1.165, 1.54) is 19.8 Å². The first-order valence-electron chi connectivity index (χ1n) is 5.37. The predicted octanol–water partition coefficient (Wildman–Crippen LogP) is 2.91. The number of carbonyl (C=O) groups is 1. The zero-order valence-corrected chi connectivity index (χ0v) is 8.14. The second kappa shape index (κ2) is 7.14. The van der Waals surface area contributed by atoms with Crippen LogP contribution in [0.25, 0.3) is 0 Å². The van der Waals surface area contributed by atoms with Crippen LogP contribution in [0.2, 0.25) is 0 Å². The van der Waals surface area contributed by atoms with Gasteiger partial charge in [0.1, 0.15) is 6.10 Å². The topological polar surface area (TPSA) is 26.3 Å². The minimum absolute atomic E-state index is 0.0263. The van der Waals surface area contributed by atoms with Crippen molar-refractivity contribution in [3.05, 3.63) is 0 Å². The van der Waals surface area contributed by atoms with Gasteiger partial charge in [-0.15, -0.1) is 0 Å². The quantitative estimate of drug-likeness (QED) is 0.456. The van der Waals surface area contributed by atoms with Gasteiger partial charge in [0.05, 0.1) is 0 Å². The van der Waals surface area contributed by atoms with Crippen molar-refractivity contribution in [2.75, 3.05) is 0 Å². The van der Waals surface area contributed by atoms with Gasteiger partial charge in [0.15, 0.2) is 0 Å². The van der Waals surface area contributed by atoms with E-state index in [9.17, 15) is 4.79 Å². The number of hydrogen-bond donors (Lipinski definition) is 0. The van der Waals surface area contributed by atoms with Crippen LogP contribution in [0.5, 0.6) is 0 Å². The summed E-state index contributed by atoms with van der Waals surface area (Å²) in [7, 11) is 0. The predicted molar refractivity (Wildman–Crippen MR) is 50.0 cm³/mol. The summed E-state index contributed by atoms with van der Waals surface area (Å²) in [5.41, 5.74) is 0. The van der Waals surface area contributed by atoms with E-state index in [0.29, 0.717) is 13.3 Å². The van der Waals surface area contributed by atoms with E-state index in [0.717, 1.165) is 12.8 Å². The molecule has 0 rings (SSSR count). The largest absolute Gasteiger partial charge is 0.463 e. The molecule has 12 heavy (non-hydrogen) atoms. The first kappa shape index (κ1) is 9.56. The van der Waals surface area contributed by atoms with Gasteiger partial charge in [-0.1, -0.05) is 26.7 Å². The van der Waals surface area contributed by atoms with Gasteiger partial charge >= 0.3 is 5.97 Å². The van der Waals surface area contributed by atoms with E-state index in [2.05, 4.69) is 6.92 Å². The second-order valence-corrected chi connectivity index (χ2v) is 3.02. The van der Waals surface area contributed by atoms with Crippen LogP contribution in [0.3, 0.4) is 0 Å². The standard InChI is InChI=1S/C10H20O2/c1-4-6-7-8-10(5-2)12-9(3)11/h10H,4-8H2,1-3H3/i2D. The van der Waals surface area contributed by atoms with Crippen molar-refractivity contribution in [1.82, 2.24) is 0 Å². The molecule has 1 atom stereocenters. The first-order valence-corrected chi connectivity index (χ1v) is 4.67. The molecule has 0 bridgehead atoms. The summed E-state index contributed by atoms with van der Waals surface area (Å²) in [6.07, 6.45) is 4.99. The number of hydrogen-bond acceptors (Lipinski definition) is 2. The van der Waals surface area contributed by atoms with E-state index in [-0.39, 0.29) is 12.1 Å². The van der Waals surface area contributed by atoms with Crippen molar-refractivity contribution in [1.29, 1.82) is 0 Å². The summed E-state index contributed by atoms with van der Waals surface area (Å²) in [6, 6.07) is 0. The molecular formula is C10H20O2. The van der Waals surface area contributed by atoms with Crippen LogP contribution in [0.15, 0.2) is 0 Å². The molecule has 2 nitrogen and oxygen atoms in total. The van der Waals surface area contributed by atoms with Gasteiger partial charge in [0.2, 0.25) is 0 Å². The summed E-state index contributed by atoms with van der Waals surface area (Å²) >= 11 is 0. The first-order chi connectivity index (χ1) is 6.20. The van der Waals surface area contributed by atoms with Crippen molar-refractivity contribution >= 4 is 5.97 Å². The molecule has 0 aliphatic carbocycles. The van der Waals surface area contributed by atoms with Crippen molar-refractivity contribution < 1.29 is 10.9 Å². The summed E-state index contributed by atoms with van der Waals surface area (Å²) < 4.78 is 12.1. The molecule has 0 aliphatic rings. The Bertz CT molecular complexity index is 137. The lowest BCUT2D eigenvalue weighted by Gasteiger charge is -2.14. The van der Waals surface area contributed by atoms with Crippen LogP contribution in [-0.4, -0.2) is 12.1 Å². The third-order valence-electron chi connectivity index (χ3n) is 1.78. The number of esters is 1. The molecule has 0 fully saturated rings. The van der Waals surface area contributed by atoms with Crippen molar-refractivity contribution in [3.63, 3.8) is 0 Å². The smallest absolute Gasteiger partial charge is 0.302 e. The Labute approximate surface area is 76.7 Å². The number of ether oxygens (including phenoxy) is 1. The van der Waals surface area contributed by atoms with Gasteiger partial charge in [0, 0.05) is 8.29 Å². The van der Waals surface area contributed by atoms with Gasteiger partial charge in [-0.25, -0.2) is 0 Å². The molecule has 0 N–H and O–H groups in total. The fourth-order valence-electron chi connectivity index (χ4n) is 1.12. The molecule has 0 aromatic carbocycles. The average Bonchev–Trinajstić information content (AvgIpc) is 2.04. The maximum atomic E-state index is 10.7. The van der Waals surface area contributed by atoms with Gasteiger partial charge in [-0.05, 0) is 19.3 Å². The van der Waals surface area contributed by atoms with Gasteiger partial charge in [-0.3, -0.25) is 4.79 Å². The SMILES string of the molecule is [2H]CCC(CCCCC)OC(C)=O. The van der Waals surface area contributed by atoms with Crippen LogP contribution in [0.4, 0.5) is 0 Å². The molecule has 72 valence electrons. The molecule has 0 aromatic rings. The molecule has 0 amide bonds. The van der Waals surface area contributed by atoms with E-state index >= 15 is 0 Å². The molecule has 1 unspecified atom stereocenters. The van der Waals surface area contributed by atoms with Crippen LogP contribution < -0.4 is 0 Å². The molecule has 2 heteroatoms. The van der Waals surface area contributed by atoms with E-state index in [4.69, 9.17) is 6.11 Å². The molecular weight excluding hydrogens is 152 g/mol. The molecule has 0 spiro atoms. The van der Waals surface area contributed by atoms with E-state index in [1.807, 2.05) is 0 Å². The van der Waals surface area contributed by atoms with E-state index < -0.39 is 0 Å². The van der Waals surface area contributed by atoms with Crippen LogP contribution >= 0.6 is 0 Å². The minimum Gasteiger partial charge on any atom is -0.463 e. The monoisotopic (exact) mass is 173 g/mol. The van der Waals surface area contributed by atoms with Crippen molar-refractivity contribution in [2.45, 2.75) is 59.0 Å². The molecule has 0 radical (unpaired) electrons. The Morgan fingerprint density at radius 2 is 2.33 bits per heavy atom. The number of carbonyl (C=O) groups excluding carboxylic acids is 1. The maximum Gasteiger partial charge on any atom is 0.302 e. The zero-order valence-electron chi connectivity index (χ0n) is 9.14. The van der Waals surface area contributed by atoms with Crippen molar-refractivity contribution in [2.24, 2.45) is 0 Å². The van der Waals surface area contributed by atoms with Gasteiger partial charge in [-0.2, -0.15) is 0 Å². The lowest BCUT2D eigenvalue weighted by Crippen LogP contribution is -2.14. The summed E-state index contributed by atoms with van der Waals surface area (Å²) in [6.45, 7) is 3.91. The Kier molecular flexibility index (Phi) is 5.68. The molecule has 0 saturated carbocycles. The van der Waals surface area contributed by atoms with Crippen LogP contribution in [-0.2, 0) is 9.53 Å². The lowest BCUT2D eigenvalue weighted by atomic mass is 10.1. The summed E-state index contributed by atoms with van der Waals surface area (Å²) in [4.78, 5) is 10.7. The van der Waals surface area contributed by atoms with Gasteiger partial charge in [0.25, 0.3) is 0 Å². The fraction of sp³-hybridized carbons (Fsp3) is 0.900. The Balaban J connectivity index is 3.59. The second-order valence-electron chi connectivity index (χ2n) is 3.02. The van der Waals surface area contributed by atoms with Crippen LogP contribution in [0.1, 0.15) is 54.2 Å². The Morgan fingerprint density at radius 1 is 1.58 bits per heavy atom. The zero-order chi connectivity index (χ0) is 10.1. The number of unbranched alkanes of at least 4 members (excludes halogenated alkanes) is 2. The molecule has 0 aromatic heterocycles. The van der Waals surface area contributed by atoms with Crippen LogP contribution in [0, 0.1) is 0 Å². The Morgan fingerprint density at radius 3 is 2.83 bits per heavy atom. The fourth-order valence-corrected chi connectivity index (χ4v) is 1.12. The Hall–Kier alpha value is -0.530. The third-order valence-corrected chi connectivity index (χ3v) is 1.78. The highest BCUT2D eigenvalue weighted by Crippen LogP contribution is 2.09. The number of rotatable bonds is 6. The van der Waals surface area contributed by atoms with Gasteiger partial charge < -0.3 is 4.74 Å². The minimum atomic E-state index is -0.227. The van der Waals surface area contributed by atoms with Crippen molar-refractivity contribution in [3.8, 4) is 0 Å². The van der Waals surface area contributed by atoms with E-state index in [1.54, 1.807) is 0 Å². The average molecular weight is 173 g/mol.